The number of halogens is 2. The topological polar surface area (TPSA) is 73.6 Å². The summed E-state index contributed by atoms with van der Waals surface area (Å²) in [5, 5.41) is 14.2. The van der Waals surface area contributed by atoms with Crippen LogP contribution < -0.4 is 9.47 Å². The SMILES string of the molecule is CC(C)COc1ccc(OCC(F)F)cc1Cn1ncc2cc(C(=O)O)ccc21. The Bertz CT molecular complexity index is 1000. The van der Waals surface area contributed by atoms with Gasteiger partial charge in [-0.2, -0.15) is 5.10 Å². The van der Waals surface area contributed by atoms with Gasteiger partial charge in [0.2, 0.25) is 0 Å². The smallest absolute Gasteiger partial charge is 0.335 e. The molecule has 0 unspecified atom stereocenters. The number of ether oxygens (including phenoxy) is 2. The van der Waals surface area contributed by atoms with E-state index in [2.05, 4.69) is 5.10 Å². The largest absolute Gasteiger partial charge is 0.493 e. The number of fused-ring (bicyclic) bond motifs is 1. The molecular weight excluding hydrogens is 382 g/mol. The first-order chi connectivity index (χ1) is 13.8. The van der Waals surface area contributed by atoms with Crippen LogP contribution in [0, 0.1) is 5.92 Å². The van der Waals surface area contributed by atoms with Crippen molar-refractivity contribution in [3.05, 3.63) is 53.7 Å². The zero-order valence-electron chi connectivity index (χ0n) is 16.1. The molecule has 0 fully saturated rings. The fourth-order valence-electron chi connectivity index (χ4n) is 2.83. The van der Waals surface area contributed by atoms with Crippen LogP contribution >= 0.6 is 0 Å². The maximum absolute atomic E-state index is 12.5. The highest BCUT2D eigenvalue weighted by Gasteiger charge is 2.13. The Morgan fingerprint density at radius 3 is 2.62 bits per heavy atom. The highest BCUT2D eigenvalue weighted by molar-refractivity contribution is 5.93. The molecule has 1 N–H and O–H groups in total. The summed E-state index contributed by atoms with van der Waals surface area (Å²) >= 11 is 0. The minimum atomic E-state index is -2.56. The van der Waals surface area contributed by atoms with Gasteiger partial charge in [-0.1, -0.05) is 13.8 Å². The molecule has 0 radical (unpaired) electrons. The molecule has 0 amide bonds. The normalized spacial score (nSPS) is 11.4. The van der Waals surface area contributed by atoms with Gasteiger partial charge in [0.1, 0.15) is 18.1 Å². The Hall–Kier alpha value is -3.16. The molecule has 2 aromatic carbocycles. The van der Waals surface area contributed by atoms with Gasteiger partial charge in [-0.3, -0.25) is 4.68 Å². The molecule has 8 heteroatoms. The molecule has 1 aromatic heterocycles. The molecule has 0 aliphatic carbocycles. The summed E-state index contributed by atoms with van der Waals surface area (Å²) in [6.45, 7) is 4.19. The molecule has 0 bridgehead atoms. The van der Waals surface area contributed by atoms with Gasteiger partial charge in [-0.15, -0.1) is 0 Å². The second-order valence-electron chi connectivity index (χ2n) is 7.06. The van der Waals surface area contributed by atoms with E-state index in [4.69, 9.17) is 14.6 Å². The van der Waals surface area contributed by atoms with Crippen molar-refractivity contribution in [2.24, 2.45) is 5.92 Å². The second-order valence-corrected chi connectivity index (χ2v) is 7.06. The maximum Gasteiger partial charge on any atom is 0.335 e. The third-order valence-electron chi connectivity index (χ3n) is 4.19. The van der Waals surface area contributed by atoms with E-state index in [9.17, 15) is 13.6 Å². The molecule has 0 aliphatic heterocycles. The van der Waals surface area contributed by atoms with Crippen molar-refractivity contribution in [3.8, 4) is 11.5 Å². The minimum absolute atomic E-state index is 0.181. The van der Waals surface area contributed by atoms with E-state index < -0.39 is 19.0 Å². The summed E-state index contributed by atoms with van der Waals surface area (Å²) in [6, 6.07) is 9.73. The van der Waals surface area contributed by atoms with Crippen molar-refractivity contribution in [3.63, 3.8) is 0 Å². The molecule has 0 saturated heterocycles. The van der Waals surface area contributed by atoms with Crippen molar-refractivity contribution in [2.45, 2.75) is 26.8 Å². The Morgan fingerprint density at radius 2 is 1.93 bits per heavy atom. The van der Waals surface area contributed by atoms with Gasteiger partial charge in [0, 0.05) is 10.9 Å². The predicted octanol–water partition coefficient (Wildman–Crippen LogP) is 4.46. The van der Waals surface area contributed by atoms with E-state index in [-0.39, 0.29) is 5.56 Å². The van der Waals surface area contributed by atoms with Crippen molar-refractivity contribution in [2.75, 3.05) is 13.2 Å². The number of nitrogens with zero attached hydrogens (tertiary/aromatic N) is 2. The Kier molecular flexibility index (Phi) is 6.31. The highest BCUT2D eigenvalue weighted by atomic mass is 19.3. The van der Waals surface area contributed by atoms with Gasteiger partial charge in [-0.25, -0.2) is 13.6 Å². The van der Waals surface area contributed by atoms with E-state index in [1.807, 2.05) is 13.8 Å². The lowest BCUT2D eigenvalue weighted by Crippen LogP contribution is -2.10. The van der Waals surface area contributed by atoms with Gasteiger partial charge < -0.3 is 14.6 Å². The van der Waals surface area contributed by atoms with Crippen LogP contribution in [0.15, 0.2) is 42.6 Å². The summed E-state index contributed by atoms with van der Waals surface area (Å²) in [5.74, 6) is 0.251. The van der Waals surface area contributed by atoms with Crippen LogP contribution in [0.2, 0.25) is 0 Å². The third kappa shape index (κ3) is 5.22. The van der Waals surface area contributed by atoms with E-state index in [1.54, 1.807) is 41.2 Å². The number of carboxylic acids is 1. The quantitative estimate of drug-likeness (QED) is 0.570. The van der Waals surface area contributed by atoms with Crippen molar-refractivity contribution in [1.82, 2.24) is 9.78 Å². The molecule has 154 valence electrons. The third-order valence-corrected chi connectivity index (χ3v) is 4.19. The maximum atomic E-state index is 12.5. The first-order valence-corrected chi connectivity index (χ1v) is 9.19. The number of rotatable bonds is 9. The van der Waals surface area contributed by atoms with Gasteiger partial charge in [0.05, 0.1) is 30.4 Å². The number of aromatic carboxylic acids is 1. The van der Waals surface area contributed by atoms with Gasteiger partial charge in [0.25, 0.3) is 6.43 Å². The molecule has 0 saturated carbocycles. The minimum Gasteiger partial charge on any atom is -0.493 e. The first-order valence-electron chi connectivity index (χ1n) is 9.19. The zero-order chi connectivity index (χ0) is 21.0. The molecule has 3 aromatic rings. The summed E-state index contributed by atoms with van der Waals surface area (Å²) < 4.78 is 37.7. The van der Waals surface area contributed by atoms with Crippen molar-refractivity contribution < 1.29 is 28.2 Å². The summed E-state index contributed by atoms with van der Waals surface area (Å²) in [6.07, 6.45) is -0.970. The van der Waals surface area contributed by atoms with Gasteiger partial charge in [-0.05, 0) is 42.3 Å². The van der Waals surface area contributed by atoms with Crippen LogP contribution in [0.25, 0.3) is 10.9 Å². The van der Waals surface area contributed by atoms with Crippen LogP contribution in [0.4, 0.5) is 8.78 Å². The highest BCUT2D eigenvalue weighted by Crippen LogP contribution is 2.27. The fraction of sp³-hybridized carbons (Fsp3) is 0.333. The molecule has 3 rings (SSSR count). The lowest BCUT2D eigenvalue weighted by molar-refractivity contribution is 0.0697. The Labute approximate surface area is 166 Å². The van der Waals surface area contributed by atoms with Crippen LogP contribution in [-0.4, -0.2) is 40.5 Å². The van der Waals surface area contributed by atoms with Crippen molar-refractivity contribution in [1.29, 1.82) is 0 Å². The lowest BCUT2D eigenvalue weighted by Gasteiger charge is -2.15. The Morgan fingerprint density at radius 1 is 1.14 bits per heavy atom. The second kappa shape index (κ2) is 8.89. The number of carboxylic acid groups (broad SMARTS) is 1. The van der Waals surface area contributed by atoms with Crippen LogP contribution in [0.3, 0.4) is 0 Å². The molecular formula is C21H22F2N2O4. The number of alkyl halides is 2. The summed E-state index contributed by atoms with van der Waals surface area (Å²) in [7, 11) is 0. The predicted molar refractivity (Wildman–Crippen MR) is 104 cm³/mol. The number of carbonyl (C=O) groups is 1. The molecule has 6 nitrogen and oxygen atoms in total. The standard InChI is InChI=1S/C21H22F2N2O4/c1-13(2)11-29-19-6-4-17(28-12-20(22)23)8-16(19)10-25-18-5-3-14(21(26)27)7-15(18)9-24-25/h3-9,13,20H,10-12H2,1-2H3,(H,26,27). The molecule has 29 heavy (non-hydrogen) atoms. The average molecular weight is 404 g/mol. The number of hydrogen-bond donors (Lipinski definition) is 1. The molecule has 0 spiro atoms. The van der Waals surface area contributed by atoms with Crippen LogP contribution in [-0.2, 0) is 6.54 Å². The average Bonchev–Trinajstić information content (AvgIpc) is 3.07. The zero-order valence-corrected chi connectivity index (χ0v) is 16.1. The number of hydrogen-bond acceptors (Lipinski definition) is 4. The molecule has 1 heterocycles. The Balaban J connectivity index is 1.91. The van der Waals surface area contributed by atoms with Crippen LogP contribution in [0.5, 0.6) is 11.5 Å². The van der Waals surface area contributed by atoms with Gasteiger partial charge >= 0.3 is 5.97 Å². The number of benzene rings is 2. The van der Waals surface area contributed by atoms with E-state index >= 15 is 0 Å². The summed E-state index contributed by atoms with van der Waals surface area (Å²) in [5.41, 5.74) is 1.66. The molecule has 0 aliphatic rings. The number of aromatic nitrogens is 2. The lowest BCUT2D eigenvalue weighted by atomic mass is 10.1. The summed E-state index contributed by atoms with van der Waals surface area (Å²) in [4.78, 5) is 11.1. The van der Waals surface area contributed by atoms with E-state index in [0.717, 1.165) is 11.1 Å². The van der Waals surface area contributed by atoms with Crippen LogP contribution in [0.1, 0.15) is 29.8 Å². The molecule has 0 atom stereocenters. The van der Waals surface area contributed by atoms with E-state index in [1.165, 1.54) is 6.07 Å². The van der Waals surface area contributed by atoms with E-state index in [0.29, 0.717) is 36.0 Å². The monoisotopic (exact) mass is 404 g/mol. The first kappa shape index (κ1) is 20.6. The van der Waals surface area contributed by atoms with Gasteiger partial charge in [0.15, 0.2) is 0 Å². The fourth-order valence-corrected chi connectivity index (χ4v) is 2.83. The van der Waals surface area contributed by atoms with Crippen molar-refractivity contribution >= 4 is 16.9 Å².